The molecule has 2 aromatic heterocycles. The van der Waals surface area contributed by atoms with Crippen molar-refractivity contribution in [2.75, 3.05) is 13.6 Å². The second kappa shape index (κ2) is 5.13. The van der Waals surface area contributed by atoms with E-state index in [1.165, 1.54) is 33.4 Å². The van der Waals surface area contributed by atoms with Crippen LogP contribution in [0.1, 0.15) is 17.0 Å². The van der Waals surface area contributed by atoms with Crippen molar-refractivity contribution in [2.45, 2.75) is 20.3 Å². The molecule has 0 radical (unpaired) electrons. The Labute approximate surface area is 118 Å². The zero-order chi connectivity index (χ0) is 14.1. The second-order valence-corrected chi connectivity index (χ2v) is 5.20. The maximum absolute atomic E-state index is 4.55. The Balaban J connectivity index is 2.11. The molecule has 3 rings (SSSR count). The Hall–Kier alpha value is -2.07. The minimum absolute atomic E-state index is 0.954. The molecule has 0 saturated heterocycles. The van der Waals surface area contributed by atoms with Gasteiger partial charge in [0.1, 0.15) is 0 Å². The molecule has 4 heteroatoms. The number of fused-ring (bicyclic) bond motifs is 1. The number of aromatic nitrogens is 3. The molecule has 0 aliphatic carbocycles. The zero-order valence-corrected chi connectivity index (χ0v) is 12.2. The number of aromatic amines is 2. The van der Waals surface area contributed by atoms with Crippen LogP contribution in [0.2, 0.25) is 0 Å². The third-order valence-corrected chi connectivity index (χ3v) is 3.87. The summed E-state index contributed by atoms with van der Waals surface area (Å²) < 4.78 is 0. The summed E-state index contributed by atoms with van der Waals surface area (Å²) in [7, 11) is 1.97. The van der Waals surface area contributed by atoms with Gasteiger partial charge in [0.2, 0.25) is 0 Å². The topological polar surface area (TPSA) is 56.5 Å². The number of para-hydroxylation sites is 1. The fourth-order valence-corrected chi connectivity index (χ4v) is 2.75. The normalized spacial score (nSPS) is 11.3. The molecule has 1 aromatic carbocycles. The molecule has 0 amide bonds. The van der Waals surface area contributed by atoms with Crippen LogP contribution in [0.4, 0.5) is 0 Å². The lowest BCUT2D eigenvalue weighted by atomic mass is 10.0. The van der Waals surface area contributed by atoms with Gasteiger partial charge in [-0.3, -0.25) is 5.10 Å². The van der Waals surface area contributed by atoms with Gasteiger partial charge in [0, 0.05) is 40.8 Å². The molecule has 0 fully saturated rings. The number of likely N-dealkylation sites (N-methyl/N-ethyl adjacent to an activating group) is 1. The summed E-state index contributed by atoms with van der Waals surface area (Å²) in [5.74, 6) is 0. The quantitative estimate of drug-likeness (QED) is 0.681. The first-order valence-electron chi connectivity index (χ1n) is 6.98. The van der Waals surface area contributed by atoms with Crippen LogP contribution in [-0.4, -0.2) is 28.8 Å². The molecule has 0 unspecified atom stereocenters. The van der Waals surface area contributed by atoms with Gasteiger partial charge in [0.25, 0.3) is 0 Å². The monoisotopic (exact) mass is 268 g/mol. The van der Waals surface area contributed by atoms with Crippen LogP contribution in [0.25, 0.3) is 22.2 Å². The summed E-state index contributed by atoms with van der Waals surface area (Å²) in [5.41, 5.74) is 7.06. The standard InChI is InChI=1S/C16H20N4/c1-10-13(8-9-17-3)19-20-16(10)15-11(2)18-14-7-5-4-6-12(14)15/h4-7,17-18H,8-9H2,1-3H3,(H,19,20). The maximum Gasteiger partial charge on any atom is 0.0976 e. The summed E-state index contributed by atoms with van der Waals surface area (Å²) in [4.78, 5) is 3.44. The van der Waals surface area contributed by atoms with E-state index >= 15 is 0 Å². The van der Waals surface area contributed by atoms with Crippen LogP contribution in [0, 0.1) is 13.8 Å². The molecule has 104 valence electrons. The predicted molar refractivity (Wildman–Crippen MR) is 83.0 cm³/mol. The van der Waals surface area contributed by atoms with Gasteiger partial charge < -0.3 is 10.3 Å². The number of nitrogens with one attached hydrogen (secondary N) is 3. The minimum Gasteiger partial charge on any atom is -0.358 e. The average Bonchev–Trinajstić information content (AvgIpc) is 2.96. The van der Waals surface area contributed by atoms with Gasteiger partial charge in [-0.05, 0) is 32.5 Å². The number of nitrogens with zero attached hydrogens (tertiary/aromatic N) is 1. The molecule has 0 saturated carbocycles. The van der Waals surface area contributed by atoms with Crippen LogP contribution in [0.5, 0.6) is 0 Å². The van der Waals surface area contributed by atoms with E-state index in [0.717, 1.165) is 18.7 Å². The predicted octanol–water partition coefficient (Wildman–Crippen LogP) is 2.94. The Morgan fingerprint density at radius 2 is 2.00 bits per heavy atom. The first-order valence-corrected chi connectivity index (χ1v) is 6.98. The average molecular weight is 268 g/mol. The Morgan fingerprint density at radius 3 is 2.80 bits per heavy atom. The van der Waals surface area contributed by atoms with Crippen LogP contribution >= 0.6 is 0 Å². The molecule has 3 N–H and O–H groups in total. The van der Waals surface area contributed by atoms with Crippen LogP contribution < -0.4 is 5.32 Å². The van der Waals surface area contributed by atoms with E-state index in [1.54, 1.807) is 0 Å². The number of benzene rings is 1. The Bertz CT molecular complexity index is 736. The molecule has 0 aliphatic rings. The third kappa shape index (κ3) is 2.02. The van der Waals surface area contributed by atoms with E-state index in [4.69, 9.17) is 0 Å². The van der Waals surface area contributed by atoms with Crippen LogP contribution in [-0.2, 0) is 6.42 Å². The molecular weight excluding hydrogens is 248 g/mol. The highest BCUT2D eigenvalue weighted by Crippen LogP contribution is 2.33. The largest absolute Gasteiger partial charge is 0.358 e. The van der Waals surface area contributed by atoms with E-state index in [-0.39, 0.29) is 0 Å². The molecule has 4 nitrogen and oxygen atoms in total. The third-order valence-electron chi connectivity index (χ3n) is 3.87. The minimum atomic E-state index is 0.954. The lowest BCUT2D eigenvalue weighted by Crippen LogP contribution is -2.11. The molecule has 3 aromatic rings. The molecule has 0 atom stereocenters. The highest BCUT2D eigenvalue weighted by atomic mass is 15.1. The zero-order valence-electron chi connectivity index (χ0n) is 12.2. The number of aryl methyl sites for hydroxylation is 1. The van der Waals surface area contributed by atoms with Crippen LogP contribution in [0.3, 0.4) is 0 Å². The Kier molecular flexibility index (Phi) is 3.32. The van der Waals surface area contributed by atoms with Gasteiger partial charge in [0.05, 0.1) is 5.69 Å². The Morgan fingerprint density at radius 1 is 1.20 bits per heavy atom. The van der Waals surface area contributed by atoms with Crippen molar-refractivity contribution in [2.24, 2.45) is 0 Å². The summed E-state index contributed by atoms with van der Waals surface area (Å²) in [6, 6.07) is 8.38. The lowest BCUT2D eigenvalue weighted by molar-refractivity contribution is 0.769. The highest BCUT2D eigenvalue weighted by molar-refractivity contribution is 5.97. The van der Waals surface area contributed by atoms with Crippen molar-refractivity contribution in [1.82, 2.24) is 20.5 Å². The molecular formula is C16H20N4. The van der Waals surface area contributed by atoms with Crippen molar-refractivity contribution >= 4 is 10.9 Å². The summed E-state index contributed by atoms with van der Waals surface area (Å²) in [5, 5.41) is 12.1. The van der Waals surface area contributed by atoms with Gasteiger partial charge in [-0.15, -0.1) is 0 Å². The summed E-state index contributed by atoms with van der Waals surface area (Å²) in [6.45, 7) is 5.21. The molecule has 0 bridgehead atoms. The van der Waals surface area contributed by atoms with Crippen molar-refractivity contribution in [1.29, 1.82) is 0 Å². The van der Waals surface area contributed by atoms with Crippen molar-refractivity contribution in [3.8, 4) is 11.3 Å². The van der Waals surface area contributed by atoms with E-state index in [0.29, 0.717) is 0 Å². The number of rotatable bonds is 4. The second-order valence-electron chi connectivity index (χ2n) is 5.20. The van der Waals surface area contributed by atoms with Crippen molar-refractivity contribution in [3.63, 3.8) is 0 Å². The fourth-order valence-electron chi connectivity index (χ4n) is 2.75. The number of hydrogen-bond donors (Lipinski definition) is 3. The molecule has 20 heavy (non-hydrogen) atoms. The smallest absolute Gasteiger partial charge is 0.0976 e. The summed E-state index contributed by atoms with van der Waals surface area (Å²) in [6.07, 6.45) is 0.969. The first kappa shape index (κ1) is 12.9. The van der Waals surface area contributed by atoms with Gasteiger partial charge in [-0.2, -0.15) is 5.10 Å². The SMILES string of the molecule is CNCCc1[nH]nc(-c2c(C)[nH]c3ccccc23)c1C. The van der Waals surface area contributed by atoms with Crippen molar-refractivity contribution in [3.05, 3.63) is 41.2 Å². The number of hydrogen-bond acceptors (Lipinski definition) is 2. The first-order chi connectivity index (χ1) is 9.72. The molecule has 2 heterocycles. The van der Waals surface area contributed by atoms with Crippen molar-refractivity contribution < 1.29 is 0 Å². The van der Waals surface area contributed by atoms with Gasteiger partial charge in [-0.1, -0.05) is 18.2 Å². The fraction of sp³-hybridized carbons (Fsp3) is 0.312. The molecule has 0 aliphatic heterocycles. The van der Waals surface area contributed by atoms with Gasteiger partial charge >= 0.3 is 0 Å². The van der Waals surface area contributed by atoms with E-state index in [1.807, 2.05) is 7.05 Å². The number of H-pyrrole nitrogens is 2. The van der Waals surface area contributed by atoms with Gasteiger partial charge in [0.15, 0.2) is 0 Å². The lowest BCUT2D eigenvalue weighted by Gasteiger charge is -2.01. The van der Waals surface area contributed by atoms with E-state index in [2.05, 4.69) is 58.6 Å². The van der Waals surface area contributed by atoms with E-state index < -0.39 is 0 Å². The summed E-state index contributed by atoms with van der Waals surface area (Å²) >= 11 is 0. The molecule has 0 spiro atoms. The highest BCUT2D eigenvalue weighted by Gasteiger charge is 2.16. The maximum atomic E-state index is 4.55. The van der Waals surface area contributed by atoms with Crippen LogP contribution in [0.15, 0.2) is 24.3 Å². The van der Waals surface area contributed by atoms with E-state index in [9.17, 15) is 0 Å². The van der Waals surface area contributed by atoms with Gasteiger partial charge in [-0.25, -0.2) is 0 Å².